The van der Waals surface area contributed by atoms with E-state index in [0.29, 0.717) is 11.6 Å². The highest BCUT2D eigenvalue weighted by atomic mass is 16.2. The Morgan fingerprint density at radius 3 is 2.57 bits per heavy atom. The first-order valence-electron chi connectivity index (χ1n) is 7.89. The summed E-state index contributed by atoms with van der Waals surface area (Å²) in [6, 6.07) is 4.25. The number of likely N-dealkylation sites (tertiary alicyclic amines) is 1. The van der Waals surface area contributed by atoms with E-state index in [1.165, 1.54) is 0 Å². The van der Waals surface area contributed by atoms with Gasteiger partial charge in [0.05, 0.1) is 5.56 Å². The zero-order valence-electron chi connectivity index (χ0n) is 12.6. The Balaban J connectivity index is 1.59. The number of carbonyl (C=O) groups excluding carboxylic acids is 1. The lowest BCUT2D eigenvalue weighted by Gasteiger charge is -2.30. The molecule has 4 nitrogen and oxygen atoms in total. The van der Waals surface area contributed by atoms with Gasteiger partial charge in [-0.2, -0.15) is 0 Å². The number of pyridine rings is 1. The molecule has 2 heterocycles. The standard InChI is InChI=1S/C17H23N3O/c1-13-8-10-20(11-9-13)17(21)14-6-7-16(18-12-14)19-15-4-2-3-5-15/h2-3,6-7,12-13,15H,4-5,8-11H2,1H3,(H,18,19). The lowest BCUT2D eigenvalue weighted by Crippen LogP contribution is -2.37. The SMILES string of the molecule is CC1CCN(C(=O)c2ccc(NC3CC=CC3)nc2)CC1. The number of nitrogens with one attached hydrogen (secondary N) is 1. The van der Waals surface area contributed by atoms with Crippen molar-refractivity contribution in [3.8, 4) is 0 Å². The first kappa shape index (κ1) is 14.1. The van der Waals surface area contributed by atoms with Crippen LogP contribution in [-0.4, -0.2) is 34.9 Å². The van der Waals surface area contributed by atoms with Crippen LogP contribution in [0, 0.1) is 5.92 Å². The Kier molecular flexibility index (Phi) is 4.23. The third kappa shape index (κ3) is 3.43. The number of rotatable bonds is 3. The first-order chi connectivity index (χ1) is 10.2. The van der Waals surface area contributed by atoms with Gasteiger partial charge in [-0.25, -0.2) is 4.98 Å². The fourth-order valence-electron chi connectivity index (χ4n) is 2.94. The molecule has 1 fully saturated rings. The predicted octanol–water partition coefficient (Wildman–Crippen LogP) is 3.08. The molecule has 1 aliphatic carbocycles. The summed E-state index contributed by atoms with van der Waals surface area (Å²) >= 11 is 0. The van der Waals surface area contributed by atoms with Gasteiger partial charge in [0, 0.05) is 25.3 Å². The molecule has 1 saturated heterocycles. The minimum Gasteiger partial charge on any atom is -0.367 e. The zero-order valence-corrected chi connectivity index (χ0v) is 12.6. The summed E-state index contributed by atoms with van der Waals surface area (Å²) in [6.07, 6.45) is 10.4. The molecule has 1 amide bonds. The quantitative estimate of drug-likeness (QED) is 0.868. The highest BCUT2D eigenvalue weighted by Gasteiger charge is 2.21. The molecule has 2 aliphatic rings. The molecule has 112 valence electrons. The number of anilines is 1. The van der Waals surface area contributed by atoms with Gasteiger partial charge in [-0.05, 0) is 43.7 Å². The van der Waals surface area contributed by atoms with Crippen LogP contribution in [0.5, 0.6) is 0 Å². The maximum absolute atomic E-state index is 12.4. The Bertz CT molecular complexity index is 507. The monoisotopic (exact) mass is 285 g/mol. The van der Waals surface area contributed by atoms with Crippen LogP contribution in [0.3, 0.4) is 0 Å². The van der Waals surface area contributed by atoms with Crippen molar-refractivity contribution in [2.45, 2.75) is 38.6 Å². The average molecular weight is 285 g/mol. The summed E-state index contributed by atoms with van der Waals surface area (Å²) in [6.45, 7) is 3.99. The third-order valence-electron chi connectivity index (χ3n) is 4.44. The second-order valence-electron chi connectivity index (χ2n) is 6.19. The van der Waals surface area contributed by atoms with E-state index in [0.717, 1.165) is 50.5 Å². The fourth-order valence-corrected chi connectivity index (χ4v) is 2.94. The number of nitrogens with zero attached hydrogens (tertiary/aromatic N) is 2. The molecular formula is C17H23N3O. The first-order valence-corrected chi connectivity index (χ1v) is 7.89. The highest BCUT2D eigenvalue weighted by molar-refractivity contribution is 5.94. The molecule has 0 atom stereocenters. The molecule has 0 radical (unpaired) electrons. The molecule has 0 bridgehead atoms. The van der Waals surface area contributed by atoms with Crippen LogP contribution in [0.2, 0.25) is 0 Å². The minimum atomic E-state index is 0.114. The van der Waals surface area contributed by atoms with E-state index in [9.17, 15) is 4.79 Å². The molecule has 1 aromatic rings. The van der Waals surface area contributed by atoms with E-state index >= 15 is 0 Å². The lowest BCUT2D eigenvalue weighted by molar-refractivity contribution is 0.0697. The van der Waals surface area contributed by atoms with E-state index in [-0.39, 0.29) is 5.91 Å². The third-order valence-corrected chi connectivity index (χ3v) is 4.44. The second-order valence-corrected chi connectivity index (χ2v) is 6.19. The van der Waals surface area contributed by atoms with Gasteiger partial charge in [0.2, 0.25) is 0 Å². The van der Waals surface area contributed by atoms with Crippen molar-refractivity contribution in [2.24, 2.45) is 5.92 Å². The van der Waals surface area contributed by atoms with E-state index < -0.39 is 0 Å². The zero-order chi connectivity index (χ0) is 14.7. The summed E-state index contributed by atoms with van der Waals surface area (Å²) in [5.41, 5.74) is 0.694. The summed E-state index contributed by atoms with van der Waals surface area (Å²) < 4.78 is 0. The van der Waals surface area contributed by atoms with E-state index in [2.05, 4.69) is 29.4 Å². The van der Waals surface area contributed by atoms with Gasteiger partial charge in [0.25, 0.3) is 5.91 Å². The molecule has 0 saturated carbocycles. The topological polar surface area (TPSA) is 45.2 Å². The van der Waals surface area contributed by atoms with Crippen LogP contribution in [0.1, 0.15) is 43.0 Å². The van der Waals surface area contributed by atoms with E-state index in [1.807, 2.05) is 17.0 Å². The van der Waals surface area contributed by atoms with Crippen LogP contribution >= 0.6 is 0 Å². The molecule has 3 rings (SSSR count). The van der Waals surface area contributed by atoms with Crippen molar-refractivity contribution >= 4 is 11.7 Å². The van der Waals surface area contributed by atoms with Gasteiger partial charge < -0.3 is 10.2 Å². The van der Waals surface area contributed by atoms with Crippen molar-refractivity contribution in [3.05, 3.63) is 36.0 Å². The van der Waals surface area contributed by atoms with Crippen LogP contribution < -0.4 is 5.32 Å². The van der Waals surface area contributed by atoms with Gasteiger partial charge in [-0.15, -0.1) is 0 Å². The van der Waals surface area contributed by atoms with Crippen molar-refractivity contribution in [2.75, 3.05) is 18.4 Å². The molecule has 1 N–H and O–H groups in total. The molecule has 0 spiro atoms. The normalized spacial score (nSPS) is 20.0. The lowest BCUT2D eigenvalue weighted by atomic mass is 9.99. The molecule has 1 aliphatic heterocycles. The van der Waals surface area contributed by atoms with Crippen LogP contribution in [-0.2, 0) is 0 Å². The highest BCUT2D eigenvalue weighted by Crippen LogP contribution is 2.19. The molecule has 0 aromatic carbocycles. The summed E-state index contributed by atoms with van der Waals surface area (Å²) in [4.78, 5) is 18.8. The van der Waals surface area contributed by atoms with Gasteiger partial charge in [-0.3, -0.25) is 4.79 Å². The van der Waals surface area contributed by atoms with E-state index in [4.69, 9.17) is 0 Å². The molecular weight excluding hydrogens is 262 g/mol. The number of piperidine rings is 1. The van der Waals surface area contributed by atoms with Crippen molar-refractivity contribution in [1.29, 1.82) is 0 Å². The Morgan fingerprint density at radius 1 is 1.24 bits per heavy atom. The molecule has 21 heavy (non-hydrogen) atoms. The number of amides is 1. The smallest absolute Gasteiger partial charge is 0.255 e. The minimum absolute atomic E-state index is 0.114. The molecule has 1 aromatic heterocycles. The Labute approximate surface area is 126 Å². The fraction of sp³-hybridized carbons (Fsp3) is 0.529. The second kappa shape index (κ2) is 6.29. The Hall–Kier alpha value is -1.84. The van der Waals surface area contributed by atoms with Crippen LogP contribution in [0.15, 0.2) is 30.5 Å². The van der Waals surface area contributed by atoms with Gasteiger partial charge >= 0.3 is 0 Å². The van der Waals surface area contributed by atoms with Crippen LogP contribution in [0.4, 0.5) is 5.82 Å². The largest absolute Gasteiger partial charge is 0.367 e. The van der Waals surface area contributed by atoms with Crippen LogP contribution in [0.25, 0.3) is 0 Å². The maximum Gasteiger partial charge on any atom is 0.255 e. The van der Waals surface area contributed by atoms with Gasteiger partial charge in [0.1, 0.15) is 5.82 Å². The number of hydrogen-bond donors (Lipinski definition) is 1. The van der Waals surface area contributed by atoms with Crippen molar-refractivity contribution in [1.82, 2.24) is 9.88 Å². The maximum atomic E-state index is 12.4. The molecule has 4 heteroatoms. The van der Waals surface area contributed by atoms with Gasteiger partial charge in [0.15, 0.2) is 0 Å². The Morgan fingerprint density at radius 2 is 1.95 bits per heavy atom. The number of aromatic nitrogens is 1. The summed E-state index contributed by atoms with van der Waals surface area (Å²) in [7, 11) is 0. The molecule has 0 unspecified atom stereocenters. The number of hydrogen-bond acceptors (Lipinski definition) is 3. The van der Waals surface area contributed by atoms with E-state index in [1.54, 1.807) is 6.20 Å². The summed E-state index contributed by atoms with van der Waals surface area (Å²) in [5, 5.41) is 3.39. The van der Waals surface area contributed by atoms with Crippen molar-refractivity contribution < 1.29 is 4.79 Å². The average Bonchev–Trinajstić information content (AvgIpc) is 3.01. The summed E-state index contributed by atoms with van der Waals surface area (Å²) in [5.74, 6) is 1.70. The number of carbonyl (C=O) groups is 1. The predicted molar refractivity (Wildman–Crippen MR) is 84.3 cm³/mol. The van der Waals surface area contributed by atoms with Crippen molar-refractivity contribution in [3.63, 3.8) is 0 Å². The van der Waals surface area contributed by atoms with Gasteiger partial charge in [-0.1, -0.05) is 19.1 Å².